The van der Waals surface area contributed by atoms with Crippen molar-refractivity contribution in [1.82, 2.24) is 14.4 Å². The molecule has 5 aromatic heterocycles. The molecule has 4 aromatic carbocycles. The van der Waals surface area contributed by atoms with Gasteiger partial charge in [0.15, 0.2) is 5.58 Å². The lowest BCUT2D eigenvalue weighted by molar-refractivity contribution is 0.483. The first-order valence-corrected chi connectivity index (χ1v) is 13.6. The smallest absolute Gasteiger partial charge is 0.161 e. The Balaban J connectivity index is 1.33. The van der Waals surface area contributed by atoms with Gasteiger partial charge in [-0.2, -0.15) is 0 Å². The van der Waals surface area contributed by atoms with Crippen molar-refractivity contribution in [2.75, 3.05) is 0 Å². The van der Waals surface area contributed by atoms with Crippen molar-refractivity contribution >= 4 is 49.3 Å². The van der Waals surface area contributed by atoms with Crippen LogP contribution in [0.1, 0.15) is 0 Å². The van der Waals surface area contributed by atoms with Crippen molar-refractivity contribution in [3.63, 3.8) is 0 Å². The number of hydrogen-bond acceptors (Lipinski definition) is 4. The first kappa shape index (κ1) is 22.2. The molecule has 0 bridgehead atoms. The third kappa shape index (κ3) is 3.23. The summed E-state index contributed by atoms with van der Waals surface area (Å²) in [6, 6.07) is 39.0. The van der Waals surface area contributed by atoms with Crippen molar-refractivity contribution in [2.24, 2.45) is 0 Å². The van der Waals surface area contributed by atoms with E-state index in [2.05, 4.69) is 62.9 Å². The van der Waals surface area contributed by atoms with Crippen LogP contribution in [0.2, 0.25) is 0 Å². The minimum absolute atomic E-state index is 0.712. The maximum Gasteiger partial charge on any atom is 0.161 e. The molecule has 0 amide bonds. The number of nitrogens with zero attached hydrogens (tertiary/aromatic N) is 3. The quantitative estimate of drug-likeness (QED) is 0.229. The number of benzene rings is 4. The Kier molecular flexibility index (Phi) is 4.55. The number of aromatic nitrogens is 3. The van der Waals surface area contributed by atoms with Crippen molar-refractivity contribution in [2.45, 2.75) is 0 Å². The summed E-state index contributed by atoms with van der Waals surface area (Å²) in [6.45, 7) is 0. The molecule has 0 unspecified atom stereocenters. The average Bonchev–Trinajstić information content (AvgIpc) is 3.68. The first-order chi connectivity index (χ1) is 20.3. The lowest BCUT2D eigenvalue weighted by Gasteiger charge is -2.10. The van der Waals surface area contributed by atoms with E-state index in [4.69, 9.17) is 9.15 Å². The van der Waals surface area contributed by atoms with Crippen LogP contribution in [0, 0.1) is 0 Å². The molecule has 0 spiro atoms. The highest BCUT2D eigenvalue weighted by Gasteiger charge is 2.24. The molecule has 0 radical (unpaired) electrons. The van der Waals surface area contributed by atoms with Crippen LogP contribution < -0.4 is 4.74 Å². The molecule has 192 valence electrons. The predicted octanol–water partition coefficient (Wildman–Crippen LogP) is 9.50. The van der Waals surface area contributed by atoms with Crippen LogP contribution >= 0.6 is 0 Å². The second-order valence-electron chi connectivity index (χ2n) is 10.2. The molecular weight excluding hydrogens is 506 g/mol. The molecule has 9 aromatic rings. The van der Waals surface area contributed by atoms with Gasteiger partial charge in [0.25, 0.3) is 0 Å². The number of para-hydroxylation sites is 2. The molecule has 0 aliphatic rings. The monoisotopic (exact) mass is 527 g/mol. The van der Waals surface area contributed by atoms with E-state index in [1.165, 1.54) is 16.3 Å². The molecule has 41 heavy (non-hydrogen) atoms. The van der Waals surface area contributed by atoms with Gasteiger partial charge in [-0.05, 0) is 60.7 Å². The Hall–Kier alpha value is -5.68. The zero-order chi connectivity index (χ0) is 26.9. The van der Waals surface area contributed by atoms with Gasteiger partial charge < -0.3 is 13.6 Å². The third-order valence-corrected chi connectivity index (χ3v) is 7.87. The number of pyridine rings is 2. The first-order valence-electron chi connectivity index (χ1n) is 13.6. The summed E-state index contributed by atoms with van der Waals surface area (Å²) in [4.78, 5) is 9.18. The fourth-order valence-corrected chi connectivity index (χ4v) is 6.16. The largest absolute Gasteiger partial charge is 0.457 e. The van der Waals surface area contributed by atoms with Gasteiger partial charge in [0, 0.05) is 45.1 Å². The van der Waals surface area contributed by atoms with E-state index in [0.29, 0.717) is 5.75 Å². The normalized spacial score (nSPS) is 11.9. The van der Waals surface area contributed by atoms with Crippen LogP contribution in [-0.2, 0) is 0 Å². The lowest BCUT2D eigenvalue weighted by Crippen LogP contribution is -1.90. The molecule has 5 heterocycles. The summed E-state index contributed by atoms with van der Waals surface area (Å²) >= 11 is 0. The van der Waals surface area contributed by atoms with Gasteiger partial charge in [-0.1, -0.05) is 54.6 Å². The van der Waals surface area contributed by atoms with E-state index in [1.807, 2.05) is 66.7 Å². The van der Waals surface area contributed by atoms with Crippen LogP contribution in [0.3, 0.4) is 0 Å². The van der Waals surface area contributed by atoms with Gasteiger partial charge in [0.1, 0.15) is 22.6 Å². The molecule has 0 N–H and O–H groups in total. The van der Waals surface area contributed by atoms with Crippen LogP contribution in [-0.4, -0.2) is 14.4 Å². The Morgan fingerprint density at radius 1 is 0.537 bits per heavy atom. The Morgan fingerprint density at radius 3 is 2.15 bits per heavy atom. The molecule has 0 saturated carbocycles. The fourth-order valence-electron chi connectivity index (χ4n) is 6.16. The molecule has 0 fully saturated rings. The number of hydrogen-bond donors (Lipinski definition) is 0. The zero-order valence-corrected chi connectivity index (χ0v) is 21.8. The molecule has 5 nitrogen and oxygen atoms in total. The van der Waals surface area contributed by atoms with Gasteiger partial charge >= 0.3 is 0 Å². The molecule has 0 atom stereocenters. The van der Waals surface area contributed by atoms with Crippen molar-refractivity contribution < 1.29 is 9.15 Å². The molecule has 0 aliphatic heterocycles. The summed E-state index contributed by atoms with van der Waals surface area (Å²) < 4.78 is 15.6. The van der Waals surface area contributed by atoms with E-state index >= 15 is 0 Å². The fraction of sp³-hybridized carbons (Fsp3) is 0. The van der Waals surface area contributed by atoms with Gasteiger partial charge in [0.05, 0.1) is 22.4 Å². The van der Waals surface area contributed by atoms with E-state index in [1.54, 1.807) is 12.4 Å². The van der Waals surface area contributed by atoms with E-state index < -0.39 is 0 Å². The molecule has 0 aliphatic carbocycles. The molecular formula is C36H21N3O2. The molecule has 9 rings (SSSR count). The minimum atomic E-state index is 0.712. The summed E-state index contributed by atoms with van der Waals surface area (Å²) in [5, 5.41) is 4.54. The SMILES string of the molecule is c1ccc(-c2cccc(Oc3cc(-c4ccccn4)c4oc5c6cccc7c8ccccc8n(c76)c5c4c3)c2)nc1. The number of fused-ring (bicyclic) bond motifs is 8. The highest BCUT2D eigenvalue weighted by molar-refractivity contribution is 6.26. The van der Waals surface area contributed by atoms with E-state index in [9.17, 15) is 0 Å². The minimum Gasteiger partial charge on any atom is -0.457 e. The second-order valence-corrected chi connectivity index (χ2v) is 10.2. The highest BCUT2D eigenvalue weighted by Crippen LogP contribution is 2.46. The van der Waals surface area contributed by atoms with Gasteiger partial charge in [-0.15, -0.1) is 0 Å². The number of rotatable bonds is 4. The van der Waals surface area contributed by atoms with Gasteiger partial charge in [-0.3, -0.25) is 9.97 Å². The van der Waals surface area contributed by atoms with Gasteiger partial charge in [0.2, 0.25) is 0 Å². The molecule has 0 saturated heterocycles. The summed E-state index contributed by atoms with van der Waals surface area (Å²) in [5.74, 6) is 1.44. The molecule has 5 heteroatoms. The standard InChI is InChI=1S/C36H21N3O2/c1-2-16-32-25(11-1)26-12-8-13-27-33(26)39(32)34-29-21-24(20-28(35(29)41-36(27)34)31-15-4-6-18-38-31)40-23-10-7-9-22(19-23)30-14-3-5-17-37-30/h1-21H. The topological polar surface area (TPSA) is 52.6 Å². The zero-order valence-electron chi connectivity index (χ0n) is 21.8. The van der Waals surface area contributed by atoms with Crippen molar-refractivity contribution in [3.8, 4) is 34.0 Å². The summed E-state index contributed by atoms with van der Waals surface area (Å²) in [7, 11) is 0. The number of ether oxygens (including phenoxy) is 1. The number of furan rings is 1. The Labute approximate surface area is 234 Å². The van der Waals surface area contributed by atoms with Crippen LogP contribution in [0.15, 0.2) is 132 Å². The van der Waals surface area contributed by atoms with E-state index in [-0.39, 0.29) is 0 Å². The average molecular weight is 528 g/mol. The van der Waals surface area contributed by atoms with Crippen LogP contribution in [0.25, 0.3) is 71.8 Å². The summed E-state index contributed by atoms with van der Waals surface area (Å²) in [6.07, 6.45) is 3.61. The van der Waals surface area contributed by atoms with Crippen molar-refractivity contribution in [3.05, 3.63) is 128 Å². The summed E-state index contributed by atoms with van der Waals surface area (Å²) in [5.41, 5.74) is 8.65. The van der Waals surface area contributed by atoms with E-state index in [0.717, 1.165) is 61.2 Å². The predicted molar refractivity (Wildman–Crippen MR) is 164 cm³/mol. The second kappa shape index (κ2) is 8.41. The van der Waals surface area contributed by atoms with Crippen LogP contribution in [0.4, 0.5) is 0 Å². The Bertz CT molecular complexity index is 2390. The maximum atomic E-state index is 6.73. The van der Waals surface area contributed by atoms with Gasteiger partial charge in [-0.25, -0.2) is 0 Å². The lowest BCUT2D eigenvalue weighted by atomic mass is 10.1. The van der Waals surface area contributed by atoms with Crippen LogP contribution in [0.5, 0.6) is 11.5 Å². The third-order valence-electron chi connectivity index (χ3n) is 7.87. The Morgan fingerprint density at radius 2 is 1.29 bits per heavy atom. The highest BCUT2D eigenvalue weighted by atomic mass is 16.5. The van der Waals surface area contributed by atoms with Crippen molar-refractivity contribution in [1.29, 1.82) is 0 Å². The maximum absolute atomic E-state index is 6.73.